The monoisotopic (exact) mass is 332 g/mol. The number of nitrogens with zero attached hydrogens (tertiary/aromatic N) is 1. The molecule has 126 valence electrons. The van der Waals surface area contributed by atoms with Crippen molar-refractivity contribution in [1.82, 2.24) is 0 Å². The number of hydrogen-bond donors (Lipinski definition) is 1. The highest BCUT2D eigenvalue weighted by Gasteiger charge is 2.38. The lowest BCUT2D eigenvalue weighted by Gasteiger charge is -2.30. The summed E-state index contributed by atoms with van der Waals surface area (Å²) < 4.78 is 46.8. The topological polar surface area (TPSA) is 67.9 Å². The van der Waals surface area contributed by atoms with Gasteiger partial charge in [0.25, 0.3) is 0 Å². The number of methoxy groups -OCH3 is 1. The summed E-state index contributed by atoms with van der Waals surface area (Å²) in [5, 5.41) is 1.72. The number of hydrogen-bond acceptors (Lipinski definition) is 5. The Morgan fingerprint density at radius 3 is 2.48 bits per heavy atom. The third-order valence-corrected chi connectivity index (χ3v) is 3.27. The first-order chi connectivity index (χ1) is 10.8. The summed E-state index contributed by atoms with van der Waals surface area (Å²) in [6, 6.07) is 3.95. The van der Waals surface area contributed by atoms with Crippen LogP contribution in [-0.4, -0.2) is 51.5 Å². The quantitative estimate of drug-likeness (QED) is 0.855. The van der Waals surface area contributed by atoms with Crippen LogP contribution in [0.2, 0.25) is 0 Å². The van der Waals surface area contributed by atoms with E-state index in [9.17, 15) is 22.8 Å². The van der Waals surface area contributed by atoms with Crippen molar-refractivity contribution >= 4 is 23.3 Å². The average molecular weight is 332 g/mol. The number of halogens is 3. The molecule has 6 nitrogen and oxygen atoms in total. The SMILES string of the molecule is COC(=O)c1cc(NC(=O)C(F)(F)F)ccc1N1CCOCC1. The maximum absolute atomic E-state index is 12.3. The molecule has 23 heavy (non-hydrogen) atoms. The zero-order valence-corrected chi connectivity index (χ0v) is 12.3. The van der Waals surface area contributed by atoms with E-state index in [-0.39, 0.29) is 11.3 Å². The van der Waals surface area contributed by atoms with E-state index in [1.165, 1.54) is 25.3 Å². The molecule has 1 fully saturated rings. The number of benzene rings is 1. The zero-order valence-electron chi connectivity index (χ0n) is 12.3. The van der Waals surface area contributed by atoms with E-state index >= 15 is 0 Å². The van der Waals surface area contributed by atoms with Crippen LogP contribution < -0.4 is 10.2 Å². The predicted octanol–water partition coefficient (Wildman–Crippen LogP) is 1.81. The number of ether oxygens (including phenoxy) is 2. The fraction of sp³-hybridized carbons (Fsp3) is 0.429. The fourth-order valence-electron chi connectivity index (χ4n) is 2.17. The van der Waals surface area contributed by atoms with Crippen molar-refractivity contribution in [1.29, 1.82) is 0 Å². The van der Waals surface area contributed by atoms with Crippen LogP contribution in [0.5, 0.6) is 0 Å². The van der Waals surface area contributed by atoms with Crippen molar-refractivity contribution in [2.24, 2.45) is 0 Å². The molecule has 0 radical (unpaired) electrons. The number of rotatable bonds is 3. The van der Waals surface area contributed by atoms with Gasteiger partial charge in [-0.2, -0.15) is 13.2 Å². The smallest absolute Gasteiger partial charge is 0.465 e. The molecule has 2 rings (SSSR count). The van der Waals surface area contributed by atoms with Gasteiger partial charge in [0.2, 0.25) is 0 Å². The Balaban J connectivity index is 2.30. The minimum Gasteiger partial charge on any atom is -0.465 e. The first kappa shape index (κ1) is 17.1. The van der Waals surface area contributed by atoms with Gasteiger partial charge in [-0.05, 0) is 18.2 Å². The highest BCUT2D eigenvalue weighted by molar-refractivity contribution is 6.00. The van der Waals surface area contributed by atoms with Gasteiger partial charge >= 0.3 is 18.1 Å². The third kappa shape index (κ3) is 4.13. The van der Waals surface area contributed by atoms with Crippen LogP contribution in [0.1, 0.15) is 10.4 Å². The third-order valence-electron chi connectivity index (χ3n) is 3.27. The minimum atomic E-state index is -5.01. The van der Waals surface area contributed by atoms with E-state index < -0.39 is 18.1 Å². The van der Waals surface area contributed by atoms with Crippen LogP contribution in [0.15, 0.2) is 18.2 Å². The lowest BCUT2D eigenvalue weighted by molar-refractivity contribution is -0.167. The van der Waals surface area contributed by atoms with Gasteiger partial charge in [-0.25, -0.2) is 4.79 Å². The molecular weight excluding hydrogens is 317 g/mol. The molecule has 9 heteroatoms. The molecule has 0 unspecified atom stereocenters. The molecule has 1 aliphatic rings. The number of carbonyl (C=O) groups is 2. The second-order valence-corrected chi connectivity index (χ2v) is 4.77. The summed E-state index contributed by atoms with van der Waals surface area (Å²) in [5.74, 6) is -2.80. The normalized spacial score (nSPS) is 15.2. The molecule has 1 saturated heterocycles. The molecule has 1 aromatic rings. The van der Waals surface area contributed by atoms with Gasteiger partial charge in [-0.3, -0.25) is 4.79 Å². The van der Waals surface area contributed by atoms with E-state index in [0.29, 0.717) is 32.0 Å². The van der Waals surface area contributed by atoms with Crippen LogP contribution in [-0.2, 0) is 14.3 Å². The Hall–Kier alpha value is -2.29. The standard InChI is InChI=1S/C14H15F3N2O4/c1-22-12(20)10-8-9(18-13(21)14(15,16)17)2-3-11(10)19-4-6-23-7-5-19/h2-3,8H,4-7H2,1H3,(H,18,21). The van der Waals surface area contributed by atoms with Gasteiger partial charge in [0.1, 0.15) is 0 Å². The van der Waals surface area contributed by atoms with E-state index in [2.05, 4.69) is 4.74 Å². The number of nitrogens with one attached hydrogen (secondary N) is 1. The number of carbonyl (C=O) groups excluding carboxylic acids is 2. The Morgan fingerprint density at radius 1 is 1.26 bits per heavy atom. The van der Waals surface area contributed by atoms with Crippen molar-refractivity contribution < 1.29 is 32.2 Å². The molecule has 0 bridgehead atoms. The molecule has 1 N–H and O–H groups in total. The number of esters is 1. The molecular formula is C14H15F3N2O4. The summed E-state index contributed by atoms with van der Waals surface area (Å²) in [6.07, 6.45) is -5.01. The molecule has 0 atom stereocenters. The molecule has 1 amide bonds. The molecule has 1 heterocycles. The Labute approximate surface area is 130 Å². The summed E-state index contributed by atoms with van der Waals surface area (Å²) in [5.41, 5.74) is 0.462. The first-order valence-corrected chi connectivity index (χ1v) is 6.76. The maximum atomic E-state index is 12.3. The predicted molar refractivity (Wildman–Crippen MR) is 75.5 cm³/mol. The highest BCUT2D eigenvalue weighted by Crippen LogP contribution is 2.27. The van der Waals surface area contributed by atoms with Crippen molar-refractivity contribution in [2.75, 3.05) is 43.6 Å². The van der Waals surface area contributed by atoms with Gasteiger partial charge < -0.3 is 19.7 Å². The van der Waals surface area contributed by atoms with Crippen molar-refractivity contribution in [3.8, 4) is 0 Å². The molecule has 0 aliphatic carbocycles. The molecule has 0 spiro atoms. The summed E-state index contributed by atoms with van der Waals surface area (Å²) in [7, 11) is 1.17. The highest BCUT2D eigenvalue weighted by atomic mass is 19.4. The van der Waals surface area contributed by atoms with Crippen LogP contribution in [0.3, 0.4) is 0 Å². The van der Waals surface area contributed by atoms with Gasteiger partial charge in [-0.15, -0.1) is 0 Å². The summed E-state index contributed by atoms with van der Waals surface area (Å²) in [6.45, 7) is 2.04. The van der Waals surface area contributed by atoms with Gasteiger partial charge in [0, 0.05) is 18.8 Å². The molecule has 1 aromatic carbocycles. The van der Waals surface area contributed by atoms with Gasteiger partial charge in [-0.1, -0.05) is 0 Å². The summed E-state index contributed by atoms with van der Waals surface area (Å²) in [4.78, 5) is 24.8. The van der Waals surface area contributed by atoms with E-state index in [1.807, 2.05) is 4.90 Å². The van der Waals surface area contributed by atoms with Gasteiger partial charge in [0.05, 0.1) is 31.6 Å². The second kappa shape index (κ2) is 6.86. The van der Waals surface area contributed by atoms with Crippen molar-refractivity contribution in [2.45, 2.75) is 6.18 Å². The van der Waals surface area contributed by atoms with E-state index in [0.717, 1.165) is 0 Å². The number of morpholine rings is 1. The molecule has 0 saturated carbocycles. The van der Waals surface area contributed by atoms with E-state index in [1.54, 1.807) is 5.32 Å². The van der Waals surface area contributed by atoms with Crippen molar-refractivity contribution in [3.05, 3.63) is 23.8 Å². The zero-order chi connectivity index (χ0) is 17.0. The lowest BCUT2D eigenvalue weighted by atomic mass is 10.1. The largest absolute Gasteiger partial charge is 0.471 e. The number of amides is 1. The Bertz CT molecular complexity index is 598. The van der Waals surface area contributed by atoms with E-state index in [4.69, 9.17) is 4.74 Å². The van der Waals surface area contributed by atoms with Crippen LogP contribution >= 0.6 is 0 Å². The number of alkyl halides is 3. The summed E-state index contributed by atoms with van der Waals surface area (Å²) >= 11 is 0. The lowest BCUT2D eigenvalue weighted by Crippen LogP contribution is -2.37. The number of anilines is 2. The fourth-order valence-corrected chi connectivity index (χ4v) is 2.17. The first-order valence-electron chi connectivity index (χ1n) is 6.76. The minimum absolute atomic E-state index is 0.0781. The van der Waals surface area contributed by atoms with Crippen molar-refractivity contribution in [3.63, 3.8) is 0 Å². The van der Waals surface area contributed by atoms with Crippen LogP contribution in [0, 0.1) is 0 Å². The molecule has 0 aromatic heterocycles. The average Bonchev–Trinajstić information content (AvgIpc) is 2.54. The Morgan fingerprint density at radius 2 is 1.91 bits per heavy atom. The van der Waals surface area contributed by atoms with Crippen LogP contribution in [0.4, 0.5) is 24.5 Å². The second-order valence-electron chi connectivity index (χ2n) is 4.77. The maximum Gasteiger partial charge on any atom is 0.471 e. The van der Waals surface area contributed by atoms with Crippen LogP contribution in [0.25, 0.3) is 0 Å². The Kier molecular flexibility index (Phi) is 5.09. The van der Waals surface area contributed by atoms with Gasteiger partial charge in [0.15, 0.2) is 0 Å². The molecule has 1 aliphatic heterocycles.